The Labute approximate surface area is 189 Å². The average molecular weight is 456 g/mol. The smallest absolute Gasteiger partial charge is 0.263 e. The number of rotatable bonds is 6. The summed E-state index contributed by atoms with van der Waals surface area (Å²) < 4.78 is 0. The highest BCUT2D eigenvalue weighted by Gasteiger charge is 2.23. The van der Waals surface area contributed by atoms with Crippen LogP contribution in [0, 0.1) is 13.8 Å². The maximum Gasteiger partial charge on any atom is 0.263 e. The molecule has 3 aromatic rings. The van der Waals surface area contributed by atoms with Crippen LogP contribution in [0.4, 0.5) is 5.69 Å². The number of piperidine rings is 1. The van der Waals surface area contributed by atoms with Crippen LogP contribution in [0.3, 0.4) is 0 Å². The second-order valence-corrected chi connectivity index (χ2v) is 9.59. The van der Waals surface area contributed by atoms with E-state index in [-0.39, 0.29) is 17.9 Å². The van der Waals surface area contributed by atoms with E-state index >= 15 is 0 Å². The highest BCUT2D eigenvalue weighted by atomic mass is 32.1. The van der Waals surface area contributed by atoms with Crippen molar-refractivity contribution in [3.05, 3.63) is 50.7 Å². The molecule has 0 saturated carbocycles. The maximum absolute atomic E-state index is 12.5. The molecule has 3 heterocycles. The van der Waals surface area contributed by atoms with Gasteiger partial charge in [-0.15, -0.1) is 22.7 Å². The molecule has 1 aliphatic heterocycles. The number of hydrogen-bond donors (Lipinski definition) is 2. The summed E-state index contributed by atoms with van der Waals surface area (Å²) >= 11 is 2.98. The van der Waals surface area contributed by atoms with E-state index in [0.717, 1.165) is 53.6 Å². The molecule has 0 unspecified atom stereocenters. The minimum atomic E-state index is -0.0496. The van der Waals surface area contributed by atoms with Crippen molar-refractivity contribution in [2.45, 2.75) is 32.7 Å². The van der Waals surface area contributed by atoms with Gasteiger partial charge in [0.2, 0.25) is 5.91 Å². The van der Waals surface area contributed by atoms with Crippen LogP contribution >= 0.6 is 22.7 Å². The Morgan fingerprint density at radius 2 is 2.00 bits per heavy atom. The molecule has 31 heavy (non-hydrogen) atoms. The molecule has 1 saturated heterocycles. The van der Waals surface area contributed by atoms with E-state index in [2.05, 4.69) is 25.5 Å². The van der Waals surface area contributed by atoms with E-state index in [9.17, 15) is 9.59 Å². The number of benzene rings is 1. The van der Waals surface area contributed by atoms with Crippen LogP contribution in [0.2, 0.25) is 0 Å². The van der Waals surface area contributed by atoms with Gasteiger partial charge in [-0.25, -0.2) is 9.97 Å². The molecule has 0 atom stereocenters. The van der Waals surface area contributed by atoms with E-state index in [1.54, 1.807) is 16.8 Å². The van der Waals surface area contributed by atoms with Crippen molar-refractivity contribution < 1.29 is 9.59 Å². The minimum absolute atomic E-state index is 0.0330. The molecule has 0 spiro atoms. The molecule has 162 valence electrons. The Bertz CT molecular complexity index is 1070. The molecule has 0 aliphatic carbocycles. The third-order valence-electron chi connectivity index (χ3n) is 5.30. The lowest BCUT2D eigenvalue weighted by Gasteiger charge is -2.31. The predicted octanol–water partition coefficient (Wildman–Crippen LogP) is 3.72. The van der Waals surface area contributed by atoms with Crippen molar-refractivity contribution in [3.8, 4) is 11.3 Å². The largest absolute Gasteiger partial charge is 0.348 e. The molecule has 1 fully saturated rings. The first-order valence-electron chi connectivity index (χ1n) is 10.2. The van der Waals surface area contributed by atoms with E-state index in [0.29, 0.717) is 11.4 Å². The Morgan fingerprint density at radius 1 is 1.19 bits per heavy atom. The Hall–Kier alpha value is -2.62. The van der Waals surface area contributed by atoms with Crippen molar-refractivity contribution in [2.24, 2.45) is 0 Å². The van der Waals surface area contributed by atoms with Gasteiger partial charge in [-0.2, -0.15) is 0 Å². The third-order valence-corrected chi connectivity index (χ3v) is 7.00. The van der Waals surface area contributed by atoms with Crippen molar-refractivity contribution in [1.82, 2.24) is 20.2 Å². The first kappa shape index (κ1) is 21.6. The number of amides is 2. The Balaban J connectivity index is 1.25. The fourth-order valence-electron chi connectivity index (χ4n) is 3.66. The van der Waals surface area contributed by atoms with E-state index in [4.69, 9.17) is 0 Å². The van der Waals surface area contributed by atoms with Gasteiger partial charge in [-0.1, -0.05) is 12.1 Å². The van der Waals surface area contributed by atoms with Crippen LogP contribution in [-0.2, 0) is 4.79 Å². The second-order valence-electron chi connectivity index (χ2n) is 7.67. The van der Waals surface area contributed by atoms with Crippen molar-refractivity contribution >= 4 is 40.2 Å². The third kappa shape index (κ3) is 5.55. The SMILES string of the molecule is Cc1nc(-c2cccc(NC(=O)CN3CCC(NC(=O)c4scnc4C)CC3)c2)cs1. The van der Waals surface area contributed by atoms with E-state index in [1.165, 1.54) is 11.3 Å². The first-order valence-corrected chi connectivity index (χ1v) is 12.0. The average Bonchev–Trinajstić information content (AvgIpc) is 3.38. The lowest BCUT2D eigenvalue weighted by atomic mass is 10.0. The first-order chi connectivity index (χ1) is 15.0. The molecule has 0 radical (unpaired) electrons. The number of nitrogens with one attached hydrogen (secondary N) is 2. The fraction of sp³-hybridized carbons (Fsp3) is 0.364. The van der Waals surface area contributed by atoms with Crippen LogP contribution in [-0.4, -0.2) is 52.4 Å². The number of aromatic nitrogens is 2. The fourth-order valence-corrected chi connectivity index (χ4v) is 4.99. The van der Waals surface area contributed by atoms with E-state index < -0.39 is 0 Å². The lowest BCUT2D eigenvalue weighted by Crippen LogP contribution is -2.46. The summed E-state index contributed by atoms with van der Waals surface area (Å²) in [6.07, 6.45) is 1.66. The second kappa shape index (κ2) is 9.67. The number of likely N-dealkylation sites (tertiary alicyclic amines) is 1. The summed E-state index contributed by atoms with van der Waals surface area (Å²) in [5.74, 6) is -0.0826. The van der Waals surface area contributed by atoms with Gasteiger partial charge in [-0.3, -0.25) is 14.5 Å². The van der Waals surface area contributed by atoms with Gasteiger partial charge in [-0.05, 0) is 38.8 Å². The number of thiazole rings is 2. The Morgan fingerprint density at radius 3 is 2.68 bits per heavy atom. The molecule has 1 aromatic carbocycles. The zero-order chi connectivity index (χ0) is 21.8. The van der Waals surface area contributed by atoms with Gasteiger partial charge in [0.05, 0.1) is 28.5 Å². The lowest BCUT2D eigenvalue weighted by molar-refractivity contribution is -0.117. The zero-order valence-electron chi connectivity index (χ0n) is 17.6. The monoisotopic (exact) mass is 455 g/mol. The van der Waals surface area contributed by atoms with Crippen LogP contribution < -0.4 is 10.6 Å². The van der Waals surface area contributed by atoms with E-state index in [1.807, 2.05) is 43.5 Å². The molecule has 9 heteroatoms. The van der Waals surface area contributed by atoms with Crippen molar-refractivity contribution in [2.75, 3.05) is 25.0 Å². The summed E-state index contributed by atoms with van der Waals surface area (Å²) in [4.78, 5) is 36.4. The molecule has 2 amide bonds. The van der Waals surface area contributed by atoms with Crippen LogP contribution in [0.25, 0.3) is 11.3 Å². The molecular formula is C22H25N5O2S2. The number of anilines is 1. The molecule has 7 nitrogen and oxygen atoms in total. The quantitative estimate of drug-likeness (QED) is 0.592. The molecule has 0 bridgehead atoms. The van der Waals surface area contributed by atoms with Gasteiger partial charge in [0.15, 0.2) is 0 Å². The van der Waals surface area contributed by atoms with Crippen molar-refractivity contribution in [3.63, 3.8) is 0 Å². The number of nitrogens with zero attached hydrogens (tertiary/aromatic N) is 3. The maximum atomic E-state index is 12.5. The molecule has 1 aliphatic rings. The summed E-state index contributed by atoms with van der Waals surface area (Å²) in [5, 5.41) is 9.14. The molecule has 4 rings (SSSR count). The number of carbonyl (C=O) groups is 2. The van der Waals surface area contributed by atoms with Crippen LogP contribution in [0.15, 0.2) is 35.2 Å². The standard InChI is InChI=1S/C22H25N5O2S2/c1-14-21(31-13-23-14)22(29)26-17-6-8-27(9-7-17)11-20(28)25-18-5-3-4-16(10-18)19-12-30-15(2)24-19/h3-5,10,12-13,17H,6-9,11H2,1-2H3,(H,25,28)(H,26,29). The minimum Gasteiger partial charge on any atom is -0.348 e. The highest BCUT2D eigenvalue weighted by Crippen LogP contribution is 2.24. The summed E-state index contributed by atoms with van der Waals surface area (Å²) in [5.41, 5.74) is 5.16. The summed E-state index contributed by atoms with van der Waals surface area (Å²) in [7, 11) is 0. The number of hydrogen-bond acceptors (Lipinski definition) is 7. The van der Waals surface area contributed by atoms with Gasteiger partial charge >= 0.3 is 0 Å². The Kier molecular flexibility index (Phi) is 6.74. The molecular weight excluding hydrogens is 430 g/mol. The van der Waals surface area contributed by atoms with Gasteiger partial charge in [0, 0.05) is 35.8 Å². The van der Waals surface area contributed by atoms with Crippen LogP contribution in [0.1, 0.15) is 33.2 Å². The van der Waals surface area contributed by atoms with Gasteiger partial charge in [0.25, 0.3) is 5.91 Å². The zero-order valence-corrected chi connectivity index (χ0v) is 19.2. The number of carbonyl (C=O) groups excluding carboxylic acids is 2. The van der Waals surface area contributed by atoms with Gasteiger partial charge < -0.3 is 10.6 Å². The summed E-state index contributed by atoms with van der Waals surface area (Å²) in [6.45, 7) is 5.72. The molecule has 2 aromatic heterocycles. The van der Waals surface area contributed by atoms with Gasteiger partial charge in [0.1, 0.15) is 4.88 Å². The topological polar surface area (TPSA) is 87.2 Å². The highest BCUT2D eigenvalue weighted by molar-refractivity contribution is 7.11. The van der Waals surface area contributed by atoms with Crippen LogP contribution in [0.5, 0.6) is 0 Å². The predicted molar refractivity (Wildman–Crippen MR) is 125 cm³/mol. The van der Waals surface area contributed by atoms with Crippen molar-refractivity contribution in [1.29, 1.82) is 0 Å². The molecule has 2 N–H and O–H groups in total. The summed E-state index contributed by atoms with van der Waals surface area (Å²) in [6, 6.07) is 7.90. The normalized spacial score (nSPS) is 15.0. The number of aryl methyl sites for hydroxylation is 2.